The number of nitrogens with one attached hydrogen (secondary N) is 1. The van der Waals surface area contributed by atoms with E-state index in [-0.39, 0.29) is 6.04 Å². The minimum atomic E-state index is 0.277. The third-order valence-electron chi connectivity index (χ3n) is 3.49. The number of hydrogen-bond acceptors (Lipinski definition) is 3. The monoisotopic (exact) mass is 280 g/mol. The minimum Gasteiger partial charge on any atom is -0.457 e. The van der Waals surface area contributed by atoms with Crippen LogP contribution in [0.4, 0.5) is 0 Å². The summed E-state index contributed by atoms with van der Waals surface area (Å²) in [6, 6.07) is 18.2. The first-order valence-electron chi connectivity index (χ1n) is 7.18. The molecule has 2 aromatic carbocycles. The zero-order valence-electron chi connectivity index (χ0n) is 12.5. The van der Waals surface area contributed by atoms with Gasteiger partial charge in [-0.25, -0.2) is 0 Å². The average Bonchev–Trinajstić information content (AvgIpc) is 2.52. The lowest BCUT2D eigenvalue weighted by molar-refractivity contribution is 0.458. The number of benzene rings is 2. The molecule has 0 amide bonds. The average molecular weight is 280 g/mol. The molecule has 0 aliphatic rings. The first-order chi connectivity index (χ1) is 10.3. The van der Waals surface area contributed by atoms with Gasteiger partial charge in [0.25, 0.3) is 0 Å². The summed E-state index contributed by atoms with van der Waals surface area (Å²) in [6.45, 7) is 2.15. The molecule has 0 aromatic heterocycles. The predicted molar refractivity (Wildman–Crippen MR) is 84.4 cm³/mol. The van der Waals surface area contributed by atoms with E-state index in [0.29, 0.717) is 6.42 Å². The molecule has 3 heteroatoms. The summed E-state index contributed by atoms with van der Waals surface area (Å²) < 4.78 is 6.00. The van der Waals surface area contributed by atoms with Crippen LogP contribution in [0.15, 0.2) is 48.5 Å². The molecule has 0 heterocycles. The van der Waals surface area contributed by atoms with E-state index in [4.69, 9.17) is 10.00 Å². The Morgan fingerprint density at radius 2 is 1.86 bits per heavy atom. The van der Waals surface area contributed by atoms with Crippen LogP contribution in [0.1, 0.15) is 30.5 Å². The Kier molecular flexibility index (Phi) is 5.36. The highest BCUT2D eigenvalue weighted by Crippen LogP contribution is 2.30. The number of ether oxygens (including phenoxy) is 1. The quantitative estimate of drug-likeness (QED) is 0.861. The van der Waals surface area contributed by atoms with Crippen molar-refractivity contribution in [3.8, 4) is 17.6 Å². The summed E-state index contributed by atoms with van der Waals surface area (Å²) in [5.74, 6) is 1.65. The van der Waals surface area contributed by atoms with Crippen LogP contribution in [0, 0.1) is 11.3 Å². The largest absolute Gasteiger partial charge is 0.457 e. The second-order valence-electron chi connectivity index (χ2n) is 4.87. The lowest BCUT2D eigenvalue weighted by Crippen LogP contribution is -2.15. The Hall–Kier alpha value is -2.31. The molecule has 21 heavy (non-hydrogen) atoms. The van der Waals surface area contributed by atoms with Gasteiger partial charge in [0.05, 0.1) is 12.5 Å². The highest BCUT2D eigenvalue weighted by atomic mass is 16.5. The molecule has 0 bridgehead atoms. The Balaban J connectivity index is 2.21. The number of nitrogens with zero attached hydrogens (tertiary/aromatic N) is 1. The molecular formula is C18H20N2O. The summed E-state index contributed by atoms with van der Waals surface area (Å²) in [7, 11) is 1.96. The first kappa shape index (κ1) is 15.1. The highest BCUT2D eigenvalue weighted by molar-refractivity contribution is 5.40. The molecular weight excluding hydrogens is 260 g/mol. The molecule has 0 saturated heterocycles. The second kappa shape index (κ2) is 7.47. The smallest absolute Gasteiger partial charge is 0.132 e. The SMILES string of the molecule is CCC(NC)c1ccccc1Oc1ccc(CC#N)cc1. The third-order valence-corrected chi connectivity index (χ3v) is 3.49. The van der Waals surface area contributed by atoms with Crippen LogP contribution in [-0.4, -0.2) is 7.05 Å². The van der Waals surface area contributed by atoms with Crippen molar-refractivity contribution in [1.29, 1.82) is 5.26 Å². The van der Waals surface area contributed by atoms with Gasteiger partial charge in [-0.3, -0.25) is 0 Å². The number of hydrogen-bond donors (Lipinski definition) is 1. The van der Waals surface area contributed by atoms with Crippen LogP contribution >= 0.6 is 0 Å². The van der Waals surface area contributed by atoms with Gasteiger partial charge in [-0.05, 0) is 37.2 Å². The van der Waals surface area contributed by atoms with Crippen LogP contribution in [0.3, 0.4) is 0 Å². The summed E-state index contributed by atoms with van der Waals surface area (Å²) in [5.41, 5.74) is 2.16. The van der Waals surface area contributed by atoms with Crippen molar-refractivity contribution >= 4 is 0 Å². The lowest BCUT2D eigenvalue weighted by atomic mass is 10.0. The van der Waals surface area contributed by atoms with Crippen LogP contribution in [0.5, 0.6) is 11.5 Å². The maximum atomic E-state index is 8.69. The van der Waals surface area contributed by atoms with E-state index in [2.05, 4.69) is 24.4 Å². The van der Waals surface area contributed by atoms with Crippen LogP contribution in [-0.2, 0) is 6.42 Å². The van der Waals surface area contributed by atoms with E-state index >= 15 is 0 Å². The predicted octanol–water partition coefficient (Wildman–Crippen LogP) is 4.22. The summed E-state index contributed by atoms with van der Waals surface area (Å²) in [5, 5.41) is 12.0. The van der Waals surface area contributed by atoms with Gasteiger partial charge in [-0.2, -0.15) is 5.26 Å². The van der Waals surface area contributed by atoms with Crippen molar-refractivity contribution in [3.05, 3.63) is 59.7 Å². The van der Waals surface area contributed by atoms with Crippen LogP contribution in [0.2, 0.25) is 0 Å². The molecule has 3 nitrogen and oxygen atoms in total. The third kappa shape index (κ3) is 3.84. The van der Waals surface area contributed by atoms with Crippen molar-refractivity contribution < 1.29 is 4.74 Å². The molecule has 0 radical (unpaired) electrons. The van der Waals surface area contributed by atoms with Gasteiger partial charge in [-0.15, -0.1) is 0 Å². The first-order valence-corrected chi connectivity index (χ1v) is 7.18. The van der Waals surface area contributed by atoms with Crippen molar-refractivity contribution in [3.63, 3.8) is 0 Å². The zero-order valence-corrected chi connectivity index (χ0v) is 12.5. The molecule has 0 saturated carbocycles. The van der Waals surface area contributed by atoms with E-state index in [1.165, 1.54) is 0 Å². The maximum Gasteiger partial charge on any atom is 0.132 e. The molecule has 0 aliphatic heterocycles. The van der Waals surface area contributed by atoms with Crippen molar-refractivity contribution in [2.75, 3.05) is 7.05 Å². The van der Waals surface area contributed by atoms with Crippen LogP contribution < -0.4 is 10.1 Å². The zero-order chi connectivity index (χ0) is 15.1. The normalized spacial score (nSPS) is 11.7. The molecule has 0 aliphatic carbocycles. The van der Waals surface area contributed by atoms with Crippen molar-refractivity contribution in [2.24, 2.45) is 0 Å². The Bertz CT molecular complexity index is 610. The van der Waals surface area contributed by atoms with E-state index in [0.717, 1.165) is 29.0 Å². The molecule has 2 aromatic rings. The Morgan fingerprint density at radius 3 is 2.48 bits per heavy atom. The Morgan fingerprint density at radius 1 is 1.14 bits per heavy atom. The van der Waals surface area contributed by atoms with E-state index in [1.807, 2.05) is 49.5 Å². The molecule has 0 spiro atoms. The molecule has 1 N–H and O–H groups in total. The summed E-state index contributed by atoms with van der Waals surface area (Å²) in [6.07, 6.45) is 1.42. The standard InChI is InChI=1S/C18H20N2O/c1-3-17(20-2)16-6-4-5-7-18(16)21-15-10-8-14(9-11-15)12-13-19/h4-11,17,20H,3,12H2,1-2H3. The lowest BCUT2D eigenvalue weighted by Gasteiger charge is -2.18. The topological polar surface area (TPSA) is 45.0 Å². The minimum absolute atomic E-state index is 0.277. The van der Waals surface area contributed by atoms with E-state index < -0.39 is 0 Å². The summed E-state index contributed by atoms with van der Waals surface area (Å²) in [4.78, 5) is 0. The molecule has 1 unspecified atom stereocenters. The van der Waals surface area contributed by atoms with Crippen molar-refractivity contribution in [2.45, 2.75) is 25.8 Å². The Labute approximate surface area is 126 Å². The van der Waals surface area contributed by atoms with Gasteiger partial charge in [0.2, 0.25) is 0 Å². The fourth-order valence-corrected chi connectivity index (χ4v) is 2.33. The second-order valence-corrected chi connectivity index (χ2v) is 4.87. The fourth-order valence-electron chi connectivity index (χ4n) is 2.33. The molecule has 2 rings (SSSR count). The summed E-state index contributed by atoms with van der Waals surface area (Å²) >= 11 is 0. The molecule has 0 fully saturated rings. The van der Waals surface area contributed by atoms with Crippen molar-refractivity contribution in [1.82, 2.24) is 5.32 Å². The van der Waals surface area contributed by atoms with Gasteiger partial charge in [0, 0.05) is 11.6 Å². The number of rotatable bonds is 6. The van der Waals surface area contributed by atoms with Gasteiger partial charge >= 0.3 is 0 Å². The molecule has 108 valence electrons. The van der Waals surface area contributed by atoms with Gasteiger partial charge in [0.15, 0.2) is 0 Å². The van der Waals surface area contributed by atoms with E-state index in [9.17, 15) is 0 Å². The van der Waals surface area contributed by atoms with E-state index in [1.54, 1.807) is 0 Å². The number of para-hydroxylation sites is 1. The molecule has 1 atom stereocenters. The fraction of sp³-hybridized carbons (Fsp3) is 0.278. The maximum absolute atomic E-state index is 8.69. The van der Waals surface area contributed by atoms with Gasteiger partial charge < -0.3 is 10.1 Å². The highest BCUT2D eigenvalue weighted by Gasteiger charge is 2.12. The number of nitriles is 1. The van der Waals surface area contributed by atoms with Crippen LogP contribution in [0.25, 0.3) is 0 Å². The van der Waals surface area contributed by atoms with Gasteiger partial charge in [-0.1, -0.05) is 37.3 Å². The van der Waals surface area contributed by atoms with Gasteiger partial charge in [0.1, 0.15) is 11.5 Å².